The summed E-state index contributed by atoms with van der Waals surface area (Å²) in [7, 11) is 3.55. The molecule has 1 aliphatic rings. The lowest BCUT2D eigenvalue weighted by Gasteiger charge is -2.19. The molecule has 1 aliphatic carbocycles. The second kappa shape index (κ2) is 10.4. The van der Waals surface area contributed by atoms with Crippen molar-refractivity contribution >= 4 is 5.96 Å². The highest BCUT2D eigenvalue weighted by atomic mass is 19.1. The summed E-state index contributed by atoms with van der Waals surface area (Å²) in [4.78, 5) is 4.60. The Bertz CT molecular complexity index is 865. The first-order chi connectivity index (χ1) is 14.5. The largest absolute Gasteiger partial charge is 0.490 e. The average molecular weight is 419 g/mol. The Morgan fingerprint density at radius 2 is 2.17 bits per heavy atom. The Kier molecular flexibility index (Phi) is 7.62. The number of aromatic nitrogens is 3. The number of methoxy groups -OCH3 is 1. The summed E-state index contributed by atoms with van der Waals surface area (Å²) in [6.07, 6.45) is 2.35. The third kappa shape index (κ3) is 6.16. The maximum atomic E-state index is 14.5. The number of aryl methyl sites for hydroxylation is 1. The molecule has 9 heteroatoms. The minimum atomic E-state index is -0.345. The fourth-order valence-corrected chi connectivity index (χ4v) is 2.85. The highest BCUT2D eigenvalue weighted by Gasteiger charge is 2.22. The van der Waals surface area contributed by atoms with Gasteiger partial charge in [-0.1, -0.05) is 6.07 Å². The van der Waals surface area contributed by atoms with Crippen LogP contribution >= 0.6 is 0 Å². The van der Waals surface area contributed by atoms with Gasteiger partial charge in [-0.15, -0.1) is 10.2 Å². The van der Waals surface area contributed by atoms with Crippen LogP contribution in [0.4, 0.5) is 4.39 Å². The van der Waals surface area contributed by atoms with E-state index in [-0.39, 0.29) is 11.9 Å². The third-order valence-corrected chi connectivity index (χ3v) is 5.14. The molecule has 1 fully saturated rings. The second-order valence-corrected chi connectivity index (χ2v) is 7.62. The molecule has 0 radical (unpaired) electrons. The van der Waals surface area contributed by atoms with Crippen molar-refractivity contribution < 1.29 is 13.9 Å². The Labute approximate surface area is 176 Å². The molecular weight excluding hydrogens is 387 g/mol. The molecule has 1 atom stereocenters. The smallest absolute Gasteiger partial charge is 0.192 e. The molecule has 1 aromatic carbocycles. The SMILES string of the molecule is COCCNC(=NCc1nnc(C)n1C)NC(C)c1ccc(OCC2CC2)c(F)c1. The van der Waals surface area contributed by atoms with E-state index in [9.17, 15) is 4.39 Å². The van der Waals surface area contributed by atoms with E-state index in [1.54, 1.807) is 13.2 Å². The van der Waals surface area contributed by atoms with Crippen molar-refractivity contribution in [1.29, 1.82) is 0 Å². The molecule has 2 aromatic rings. The first-order valence-electron chi connectivity index (χ1n) is 10.3. The van der Waals surface area contributed by atoms with E-state index in [0.29, 0.717) is 43.9 Å². The molecule has 0 aliphatic heterocycles. The number of aliphatic imine (C=N–C) groups is 1. The van der Waals surface area contributed by atoms with Gasteiger partial charge in [0.1, 0.15) is 12.4 Å². The van der Waals surface area contributed by atoms with Gasteiger partial charge in [-0.2, -0.15) is 0 Å². The van der Waals surface area contributed by atoms with Crippen molar-refractivity contribution in [3.8, 4) is 5.75 Å². The monoisotopic (exact) mass is 418 g/mol. The van der Waals surface area contributed by atoms with Crippen LogP contribution in [0.25, 0.3) is 0 Å². The Balaban J connectivity index is 1.65. The summed E-state index contributed by atoms with van der Waals surface area (Å²) in [6, 6.07) is 4.93. The molecule has 0 spiro atoms. The van der Waals surface area contributed by atoms with Gasteiger partial charge in [-0.3, -0.25) is 0 Å². The number of hydrogen-bond acceptors (Lipinski definition) is 5. The average Bonchev–Trinajstić information content (AvgIpc) is 3.51. The van der Waals surface area contributed by atoms with Gasteiger partial charge in [0.15, 0.2) is 23.4 Å². The highest BCUT2D eigenvalue weighted by molar-refractivity contribution is 5.80. The van der Waals surface area contributed by atoms with Gasteiger partial charge >= 0.3 is 0 Å². The van der Waals surface area contributed by atoms with Gasteiger partial charge in [-0.05, 0) is 50.3 Å². The molecule has 1 saturated carbocycles. The van der Waals surface area contributed by atoms with Crippen molar-refractivity contribution in [1.82, 2.24) is 25.4 Å². The number of benzene rings is 1. The third-order valence-electron chi connectivity index (χ3n) is 5.14. The quantitative estimate of drug-likeness (QED) is 0.350. The van der Waals surface area contributed by atoms with Crippen LogP contribution in [0.1, 0.15) is 43.0 Å². The number of nitrogens with one attached hydrogen (secondary N) is 2. The molecule has 0 saturated heterocycles. The van der Waals surface area contributed by atoms with Crippen molar-refractivity contribution in [2.75, 3.05) is 26.9 Å². The van der Waals surface area contributed by atoms with Crippen molar-refractivity contribution in [2.24, 2.45) is 18.0 Å². The van der Waals surface area contributed by atoms with E-state index in [0.717, 1.165) is 17.2 Å². The van der Waals surface area contributed by atoms with Crippen LogP contribution in [0.3, 0.4) is 0 Å². The van der Waals surface area contributed by atoms with Crippen LogP contribution in [-0.4, -0.2) is 47.6 Å². The molecule has 0 amide bonds. The number of ether oxygens (including phenoxy) is 2. The Morgan fingerprint density at radius 3 is 2.80 bits per heavy atom. The van der Waals surface area contributed by atoms with Gasteiger partial charge in [0.25, 0.3) is 0 Å². The van der Waals surface area contributed by atoms with E-state index >= 15 is 0 Å². The van der Waals surface area contributed by atoms with Gasteiger partial charge in [0, 0.05) is 20.7 Å². The second-order valence-electron chi connectivity index (χ2n) is 7.62. The van der Waals surface area contributed by atoms with Crippen molar-refractivity contribution in [3.05, 3.63) is 41.2 Å². The fourth-order valence-electron chi connectivity index (χ4n) is 2.85. The minimum absolute atomic E-state index is 0.160. The molecule has 2 N–H and O–H groups in total. The number of halogens is 1. The van der Waals surface area contributed by atoms with Crippen molar-refractivity contribution in [2.45, 2.75) is 39.3 Å². The van der Waals surface area contributed by atoms with Gasteiger partial charge in [0.05, 0.1) is 19.3 Å². The zero-order valence-corrected chi connectivity index (χ0v) is 18.1. The number of nitrogens with zero attached hydrogens (tertiary/aromatic N) is 4. The number of hydrogen-bond donors (Lipinski definition) is 2. The van der Waals surface area contributed by atoms with E-state index in [2.05, 4.69) is 25.8 Å². The lowest BCUT2D eigenvalue weighted by Crippen LogP contribution is -2.40. The van der Waals surface area contributed by atoms with E-state index in [1.165, 1.54) is 18.9 Å². The van der Waals surface area contributed by atoms with Crippen LogP contribution in [0.15, 0.2) is 23.2 Å². The highest BCUT2D eigenvalue weighted by Crippen LogP contribution is 2.30. The predicted molar refractivity (Wildman–Crippen MR) is 113 cm³/mol. The van der Waals surface area contributed by atoms with Crippen molar-refractivity contribution in [3.63, 3.8) is 0 Å². The van der Waals surface area contributed by atoms with Crippen LogP contribution in [-0.2, 0) is 18.3 Å². The first kappa shape index (κ1) is 22.0. The van der Waals surface area contributed by atoms with E-state index in [1.807, 2.05) is 31.5 Å². The molecule has 30 heavy (non-hydrogen) atoms. The summed E-state index contributed by atoms with van der Waals surface area (Å²) in [5.74, 6) is 2.73. The maximum Gasteiger partial charge on any atom is 0.192 e. The summed E-state index contributed by atoms with van der Waals surface area (Å²) in [6.45, 7) is 5.94. The van der Waals surface area contributed by atoms with E-state index < -0.39 is 0 Å². The lowest BCUT2D eigenvalue weighted by molar-refractivity contribution is 0.203. The summed E-state index contributed by atoms with van der Waals surface area (Å²) >= 11 is 0. The molecule has 3 rings (SSSR count). The Morgan fingerprint density at radius 1 is 1.37 bits per heavy atom. The van der Waals surface area contributed by atoms with Crippen LogP contribution < -0.4 is 15.4 Å². The maximum absolute atomic E-state index is 14.5. The predicted octanol–water partition coefficient (Wildman–Crippen LogP) is 2.49. The number of guanidine groups is 1. The lowest BCUT2D eigenvalue weighted by atomic mass is 10.1. The standard InChI is InChI=1S/C21H31FN6O2/c1-14(17-7-8-19(18(22)11-17)30-13-16-5-6-16)25-21(23-9-10-29-4)24-12-20-27-26-15(2)28(20)3/h7-8,11,14,16H,5-6,9-10,12-13H2,1-4H3,(H2,23,24,25). The summed E-state index contributed by atoms with van der Waals surface area (Å²) < 4.78 is 27.0. The molecule has 164 valence electrons. The van der Waals surface area contributed by atoms with Crippen LogP contribution in [0.5, 0.6) is 5.75 Å². The fraction of sp³-hybridized carbons (Fsp3) is 0.571. The number of rotatable bonds is 10. The molecule has 1 unspecified atom stereocenters. The summed E-state index contributed by atoms with van der Waals surface area (Å²) in [5.41, 5.74) is 0.807. The van der Waals surface area contributed by atoms with Crippen LogP contribution in [0, 0.1) is 18.7 Å². The molecular formula is C21H31FN6O2. The first-order valence-corrected chi connectivity index (χ1v) is 10.3. The van der Waals surface area contributed by atoms with Gasteiger partial charge in [0.2, 0.25) is 0 Å². The molecule has 1 heterocycles. The normalized spacial score (nSPS) is 15.2. The van der Waals surface area contributed by atoms with Crippen LogP contribution in [0.2, 0.25) is 0 Å². The van der Waals surface area contributed by atoms with Gasteiger partial charge in [-0.25, -0.2) is 9.38 Å². The zero-order chi connectivity index (χ0) is 21.5. The zero-order valence-electron chi connectivity index (χ0n) is 18.1. The molecule has 0 bridgehead atoms. The summed E-state index contributed by atoms with van der Waals surface area (Å²) in [5, 5.41) is 14.7. The Hall–Kier alpha value is -2.68. The minimum Gasteiger partial charge on any atom is -0.490 e. The van der Waals surface area contributed by atoms with Gasteiger partial charge < -0.3 is 24.7 Å². The topological polar surface area (TPSA) is 85.6 Å². The molecule has 8 nitrogen and oxygen atoms in total. The van der Waals surface area contributed by atoms with E-state index in [4.69, 9.17) is 9.47 Å². The molecule has 1 aromatic heterocycles.